The zero-order valence-electron chi connectivity index (χ0n) is 10.9. The van der Waals surface area contributed by atoms with Gasteiger partial charge in [-0.1, -0.05) is 6.07 Å². The zero-order chi connectivity index (χ0) is 14.4. The fourth-order valence-corrected chi connectivity index (χ4v) is 2.05. The molecular formula is C13H14N4O2S. The van der Waals surface area contributed by atoms with Gasteiger partial charge in [0, 0.05) is 24.0 Å². The molecular weight excluding hydrogens is 276 g/mol. The number of pyridine rings is 1. The van der Waals surface area contributed by atoms with Gasteiger partial charge in [0.15, 0.2) is 0 Å². The zero-order valence-corrected chi connectivity index (χ0v) is 11.7. The molecule has 0 radical (unpaired) electrons. The first kappa shape index (κ1) is 14.1. The first-order valence-corrected chi connectivity index (χ1v) is 6.99. The molecule has 2 rings (SSSR count). The second kappa shape index (κ2) is 6.76. The minimum atomic E-state index is -0.271. The minimum absolute atomic E-state index is 0.186. The van der Waals surface area contributed by atoms with Crippen LogP contribution in [0.5, 0.6) is 0 Å². The maximum atomic E-state index is 11.7. The molecule has 2 aromatic rings. The van der Waals surface area contributed by atoms with E-state index in [1.54, 1.807) is 17.0 Å². The van der Waals surface area contributed by atoms with Gasteiger partial charge in [0.1, 0.15) is 11.5 Å². The number of aromatic nitrogens is 2. The normalized spacial score (nSPS) is 10.1. The summed E-state index contributed by atoms with van der Waals surface area (Å²) in [6.45, 7) is 2.11. The quantitative estimate of drug-likeness (QED) is 0.876. The number of hydrogen-bond donors (Lipinski definition) is 2. The summed E-state index contributed by atoms with van der Waals surface area (Å²) >= 11 is 1.35. The maximum Gasteiger partial charge on any atom is 0.270 e. The molecule has 20 heavy (non-hydrogen) atoms. The molecule has 0 spiro atoms. The van der Waals surface area contributed by atoms with E-state index >= 15 is 0 Å². The highest BCUT2D eigenvalue weighted by Crippen LogP contribution is 2.04. The van der Waals surface area contributed by atoms with Crippen LogP contribution in [0.2, 0.25) is 0 Å². The Balaban J connectivity index is 1.74. The van der Waals surface area contributed by atoms with Crippen LogP contribution in [0, 0.1) is 6.92 Å². The van der Waals surface area contributed by atoms with Crippen molar-refractivity contribution in [3.8, 4) is 0 Å². The number of amides is 2. The average molecular weight is 290 g/mol. The largest absolute Gasteiger partial charge is 0.350 e. The fraction of sp³-hybridized carbons (Fsp3) is 0.231. The van der Waals surface area contributed by atoms with Gasteiger partial charge in [-0.2, -0.15) is 0 Å². The smallest absolute Gasteiger partial charge is 0.270 e. The van der Waals surface area contributed by atoms with Crippen molar-refractivity contribution < 1.29 is 9.59 Å². The Hall–Kier alpha value is -2.28. The van der Waals surface area contributed by atoms with Crippen LogP contribution in [0.15, 0.2) is 29.1 Å². The lowest BCUT2D eigenvalue weighted by atomic mass is 10.3. The molecule has 2 heterocycles. The SMILES string of the molecule is Cc1cccc(NC(=O)CCNC(=O)c2cscn2)n1. The van der Waals surface area contributed by atoms with Gasteiger partial charge in [-0.05, 0) is 19.1 Å². The van der Waals surface area contributed by atoms with Crippen LogP contribution in [0.25, 0.3) is 0 Å². The third-order valence-corrected chi connectivity index (χ3v) is 3.04. The van der Waals surface area contributed by atoms with Gasteiger partial charge in [0.05, 0.1) is 5.51 Å². The molecule has 2 amide bonds. The highest BCUT2D eigenvalue weighted by atomic mass is 32.1. The van der Waals surface area contributed by atoms with Crippen molar-refractivity contribution in [3.05, 3.63) is 40.5 Å². The standard InChI is InChI=1S/C13H14N4O2S/c1-9-3-2-4-11(16-9)17-12(18)5-6-14-13(19)10-7-20-8-15-10/h2-4,7-8H,5-6H2,1H3,(H,14,19)(H,16,17,18). The van der Waals surface area contributed by atoms with Gasteiger partial charge in [0.2, 0.25) is 5.91 Å². The molecule has 104 valence electrons. The van der Waals surface area contributed by atoms with E-state index in [9.17, 15) is 9.59 Å². The van der Waals surface area contributed by atoms with Gasteiger partial charge in [-0.25, -0.2) is 9.97 Å². The Kier molecular flexibility index (Phi) is 4.78. The summed E-state index contributed by atoms with van der Waals surface area (Å²) in [6.07, 6.45) is 0.186. The van der Waals surface area contributed by atoms with Crippen LogP contribution in [-0.2, 0) is 4.79 Å². The first-order valence-electron chi connectivity index (χ1n) is 6.05. The van der Waals surface area contributed by atoms with Crippen molar-refractivity contribution in [2.45, 2.75) is 13.3 Å². The molecule has 6 nitrogen and oxygen atoms in total. The Labute approximate surface area is 120 Å². The van der Waals surface area contributed by atoms with Crippen molar-refractivity contribution in [3.63, 3.8) is 0 Å². The molecule has 0 atom stereocenters. The second-order valence-corrected chi connectivity index (χ2v) is 4.81. The van der Waals surface area contributed by atoms with E-state index < -0.39 is 0 Å². The van der Waals surface area contributed by atoms with E-state index in [1.165, 1.54) is 11.3 Å². The lowest BCUT2D eigenvalue weighted by Crippen LogP contribution is -2.28. The molecule has 0 aromatic carbocycles. The van der Waals surface area contributed by atoms with E-state index in [0.29, 0.717) is 11.5 Å². The van der Waals surface area contributed by atoms with Gasteiger partial charge in [-0.15, -0.1) is 11.3 Å². The Morgan fingerprint density at radius 3 is 2.90 bits per heavy atom. The number of rotatable bonds is 5. The number of anilines is 1. The predicted octanol–water partition coefficient (Wildman–Crippen LogP) is 1.61. The van der Waals surface area contributed by atoms with E-state index in [4.69, 9.17) is 0 Å². The van der Waals surface area contributed by atoms with Crippen LogP contribution < -0.4 is 10.6 Å². The fourth-order valence-electron chi connectivity index (χ4n) is 1.52. The molecule has 2 N–H and O–H groups in total. The molecule has 2 aromatic heterocycles. The van der Waals surface area contributed by atoms with Crippen molar-refractivity contribution >= 4 is 29.0 Å². The molecule has 0 bridgehead atoms. The highest BCUT2D eigenvalue weighted by molar-refractivity contribution is 7.07. The second-order valence-electron chi connectivity index (χ2n) is 4.09. The van der Waals surface area contributed by atoms with Crippen LogP contribution in [-0.4, -0.2) is 28.3 Å². The van der Waals surface area contributed by atoms with Gasteiger partial charge < -0.3 is 10.6 Å². The summed E-state index contributed by atoms with van der Waals surface area (Å²) in [4.78, 5) is 31.3. The van der Waals surface area contributed by atoms with Crippen LogP contribution in [0.3, 0.4) is 0 Å². The van der Waals surface area contributed by atoms with Crippen molar-refractivity contribution in [1.82, 2.24) is 15.3 Å². The first-order chi connectivity index (χ1) is 9.65. The maximum absolute atomic E-state index is 11.7. The van der Waals surface area contributed by atoms with Crippen molar-refractivity contribution in [1.29, 1.82) is 0 Å². The third-order valence-electron chi connectivity index (χ3n) is 2.46. The molecule has 0 aliphatic rings. The summed E-state index contributed by atoms with van der Waals surface area (Å²) in [7, 11) is 0. The molecule has 0 fully saturated rings. The lowest BCUT2D eigenvalue weighted by molar-refractivity contribution is -0.116. The van der Waals surface area contributed by atoms with Crippen molar-refractivity contribution in [2.75, 3.05) is 11.9 Å². The van der Waals surface area contributed by atoms with Crippen LogP contribution in [0.4, 0.5) is 5.82 Å². The summed E-state index contributed by atoms with van der Waals surface area (Å²) < 4.78 is 0. The Morgan fingerprint density at radius 1 is 1.35 bits per heavy atom. The van der Waals surface area contributed by atoms with Gasteiger partial charge >= 0.3 is 0 Å². The monoisotopic (exact) mass is 290 g/mol. The molecule has 0 saturated heterocycles. The number of carbonyl (C=O) groups excluding carboxylic acids is 2. The summed E-state index contributed by atoms with van der Waals surface area (Å²) in [5.74, 6) is 0.0511. The predicted molar refractivity (Wildman–Crippen MR) is 76.7 cm³/mol. The van der Waals surface area contributed by atoms with Crippen LogP contribution >= 0.6 is 11.3 Å². The van der Waals surface area contributed by atoms with E-state index in [2.05, 4.69) is 20.6 Å². The van der Waals surface area contributed by atoms with Crippen molar-refractivity contribution in [2.24, 2.45) is 0 Å². The number of nitrogens with zero attached hydrogens (tertiary/aromatic N) is 2. The summed E-state index contributed by atoms with van der Waals surface area (Å²) in [5.41, 5.74) is 2.79. The van der Waals surface area contributed by atoms with Crippen LogP contribution in [0.1, 0.15) is 22.6 Å². The number of thiazole rings is 1. The third kappa shape index (κ3) is 4.13. The molecule has 0 unspecified atom stereocenters. The average Bonchev–Trinajstić information content (AvgIpc) is 2.92. The molecule has 0 aliphatic heterocycles. The number of carbonyl (C=O) groups is 2. The minimum Gasteiger partial charge on any atom is -0.350 e. The van der Waals surface area contributed by atoms with Gasteiger partial charge in [0.25, 0.3) is 5.91 Å². The molecule has 0 aliphatic carbocycles. The molecule has 0 saturated carbocycles. The Bertz CT molecular complexity index is 598. The van der Waals surface area contributed by atoms with E-state index in [-0.39, 0.29) is 24.8 Å². The number of aryl methyl sites for hydroxylation is 1. The van der Waals surface area contributed by atoms with Gasteiger partial charge in [-0.3, -0.25) is 9.59 Å². The van der Waals surface area contributed by atoms with E-state index in [0.717, 1.165) is 5.69 Å². The Morgan fingerprint density at radius 2 is 2.20 bits per heavy atom. The number of hydrogen-bond acceptors (Lipinski definition) is 5. The summed E-state index contributed by atoms with van der Waals surface area (Å²) in [6, 6.07) is 5.39. The lowest BCUT2D eigenvalue weighted by Gasteiger charge is -2.05. The topological polar surface area (TPSA) is 84.0 Å². The number of nitrogens with one attached hydrogen (secondary N) is 2. The van der Waals surface area contributed by atoms with E-state index in [1.807, 2.05) is 19.1 Å². The molecule has 7 heteroatoms. The summed E-state index contributed by atoms with van der Waals surface area (Å²) in [5, 5.41) is 6.97. The highest BCUT2D eigenvalue weighted by Gasteiger charge is 2.08.